The van der Waals surface area contributed by atoms with Crippen LogP contribution in [0.2, 0.25) is 0 Å². The second kappa shape index (κ2) is 29.4. The lowest BCUT2D eigenvalue weighted by Crippen LogP contribution is -2.57. The molecule has 0 unspecified atom stereocenters. The van der Waals surface area contributed by atoms with E-state index < -0.39 is 41.3 Å². The van der Waals surface area contributed by atoms with Gasteiger partial charge in [0.2, 0.25) is 11.8 Å². The number of carboxylic acids is 1. The number of unbranched alkanes of at least 4 members (excludes halogenated alkanes) is 1. The number of Topliss-reactive ketones (excluding diaryl/α,β-unsaturated/α-hetero) is 2. The van der Waals surface area contributed by atoms with Gasteiger partial charge in [0.05, 0.1) is 51.7 Å². The second-order valence-corrected chi connectivity index (χ2v) is 17.2. The normalized spacial score (nSPS) is 15.8. The fourth-order valence-corrected chi connectivity index (χ4v) is 7.80. The van der Waals surface area contributed by atoms with Gasteiger partial charge in [0, 0.05) is 65.1 Å². The number of likely N-dealkylation sites (tertiary alicyclic amines) is 1. The van der Waals surface area contributed by atoms with Gasteiger partial charge in [-0.05, 0) is 68.5 Å². The van der Waals surface area contributed by atoms with E-state index in [0.717, 1.165) is 24.1 Å². The van der Waals surface area contributed by atoms with E-state index in [2.05, 4.69) is 10.2 Å². The quantitative estimate of drug-likeness (QED) is 0.0755. The number of ketones is 2. The van der Waals surface area contributed by atoms with Crippen molar-refractivity contribution in [2.75, 3.05) is 86.6 Å². The number of nitrogens with one attached hydrogen (secondary N) is 1. The lowest BCUT2D eigenvalue weighted by molar-refractivity contribution is -0.149. The Labute approximate surface area is 374 Å². The van der Waals surface area contributed by atoms with Crippen molar-refractivity contribution in [1.29, 1.82) is 0 Å². The number of piperidine rings is 1. The molecule has 1 fully saturated rings. The van der Waals surface area contributed by atoms with Gasteiger partial charge in [-0.1, -0.05) is 80.9 Å². The third-order valence-electron chi connectivity index (χ3n) is 11.7. The van der Waals surface area contributed by atoms with E-state index in [4.69, 9.17) is 30.4 Å². The van der Waals surface area contributed by atoms with Crippen molar-refractivity contribution in [2.24, 2.45) is 29.2 Å². The fraction of sp³-hybridized carbons (Fsp3) is 0.646. The summed E-state index contributed by atoms with van der Waals surface area (Å²) in [5.74, 6) is -3.69. The van der Waals surface area contributed by atoms with E-state index in [0.29, 0.717) is 78.4 Å². The van der Waals surface area contributed by atoms with Crippen LogP contribution in [-0.4, -0.2) is 148 Å². The number of carboxylic acid groups (broad SMARTS) is 1. The third-order valence-corrected chi connectivity index (χ3v) is 11.7. The summed E-state index contributed by atoms with van der Waals surface area (Å²) in [6.45, 7) is 9.40. The Balaban J connectivity index is 1.77. The highest BCUT2D eigenvalue weighted by atomic mass is 16.5. The molecule has 1 aliphatic heterocycles. The molecule has 6 N–H and O–H groups in total. The molecule has 2 aromatic rings. The zero-order valence-electron chi connectivity index (χ0n) is 38.2. The monoisotopic (exact) mass is 882 g/mol. The number of nitrogens with zero attached hydrogens (tertiary/aromatic N) is 2. The first-order chi connectivity index (χ1) is 30.3. The number of ether oxygens (including phenoxy) is 4. The molecule has 1 aliphatic rings. The minimum absolute atomic E-state index is 0.0284. The third kappa shape index (κ3) is 20.1. The number of rotatable bonds is 33. The van der Waals surface area contributed by atoms with Gasteiger partial charge >= 0.3 is 5.97 Å². The maximum atomic E-state index is 14.4. The van der Waals surface area contributed by atoms with Crippen molar-refractivity contribution in [3.8, 4) is 0 Å². The molecule has 1 saturated heterocycles. The molecule has 63 heavy (non-hydrogen) atoms. The zero-order chi connectivity index (χ0) is 46.0. The molecule has 0 radical (unpaired) electrons. The number of carbonyl (C=O) groups excluding carboxylic acids is 4. The summed E-state index contributed by atoms with van der Waals surface area (Å²) < 4.78 is 21.6. The van der Waals surface area contributed by atoms with Crippen molar-refractivity contribution >= 4 is 29.4 Å². The number of amides is 2. The Bertz CT molecular complexity index is 1630. The minimum atomic E-state index is -1.41. The van der Waals surface area contributed by atoms with Gasteiger partial charge in [0.15, 0.2) is 11.6 Å². The van der Waals surface area contributed by atoms with Gasteiger partial charge in [0.25, 0.3) is 0 Å². The Morgan fingerprint density at radius 1 is 0.746 bits per heavy atom. The van der Waals surface area contributed by atoms with Crippen LogP contribution < -0.4 is 16.8 Å². The summed E-state index contributed by atoms with van der Waals surface area (Å²) in [4.78, 5) is 72.3. The van der Waals surface area contributed by atoms with E-state index in [-0.39, 0.29) is 68.6 Å². The van der Waals surface area contributed by atoms with Crippen LogP contribution in [0.5, 0.6) is 0 Å². The van der Waals surface area contributed by atoms with Crippen LogP contribution in [0.25, 0.3) is 0 Å². The van der Waals surface area contributed by atoms with Crippen LogP contribution in [0.4, 0.5) is 0 Å². The zero-order valence-corrected chi connectivity index (χ0v) is 38.2. The maximum absolute atomic E-state index is 14.4. The average Bonchev–Trinajstić information content (AvgIpc) is 3.26. The minimum Gasteiger partial charge on any atom is -0.480 e. The molecule has 0 aliphatic carbocycles. The number of benzene rings is 2. The lowest BCUT2D eigenvalue weighted by atomic mass is 9.86. The first-order valence-electron chi connectivity index (χ1n) is 22.6. The summed E-state index contributed by atoms with van der Waals surface area (Å²) in [7, 11) is 3.26. The number of hydrogen-bond donors (Lipinski definition) is 4. The van der Waals surface area contributed by atoms with Gasteiger partial charge in [-0.3, -0.25) is 28.9 Å². The van der Waals surface area contributed by atoms with Crippen LogP contribution in [0.3, 0.4) is 0 Å². The predicted molar refractivity (Wildman–Crippen MR) is 242 cm³/mol. The van der Waals surface area contributed by atoms with E-state index in [1.807, 2.05) is 74.5 Å². The first-order valence-corrected chi connectivity index (χ1v) is 22.6. The number of methoxy groups -OCH3 is 2. The number of aliphatic carboxylic acids is 1. The van der Waals surface area contributed by atoms with Gasteiger partial charge in [-0.2, -0.15) is 0 Å². The molecule has 0 spiro atoms. The molecule has 15 nitrogen and oxygen atoms in total. The van der Waals surface area contributed by atoms with Crippen molar-refractivity contribution in [2.45, 2.75) is 95.7 Å². The number of nitrogens with two attached hydrogens (primary N) is 2. The van der Waals surface area contributed by atoms with Crippen LogP contribution in [0, 0.1) is 17.8 Å². The molecule has 1 heterocycles. The molecule has 3 rings (SSSR count). The van der Waals surface area contributed by atoms with E-state index in [9.17, 15) is 29.1 Å². The topological polar surface area (TPSA) is 213 Å². The number of hydrogen-bond acceptors (Lipinski definition) is 12. The molecule has 0 saturated carbocycles. The van der Waals surface area contributed by atoms with Crippen LogP contribution in [0.15, 0.2) is 60.7 Å². The van der Waals surface area contributed by atoms with Crippen LogP contribution >= 0.6 is 0 Å². The average molecular weight is 882 g/mol. The molecule has 4 atom stereocenters. The summed E-state index contributed by atoms with van der Waals surface area (Å²) in [6, 6.07) is 17.2. The predicted octanol–water partition coefficient (Wildman–Crippen LogP) is 3.68. The fourth-order valence-electron chi connectivity index (χ4n) is 7.80. The van der Waals surface area contributed by atoms with Crippen molar-refractivity contribution in [3.05, 3.63) is 71.8 Å². The smallest absolute Gasteiger partial charge is 0.323 e. The van der Waals surface area contributed by atoms with E-state index >= 15 is 0 Å². The Morgan fingerprint density at radius 3 is 1.81 bits per heavy atom. The highest BCUT2D eigenvalue weighted by molar-refractivity contribution is 5.95. The van der Waals surface area contributed by atoms with Gasteiger partial charge in [-0.25, -0.2) is 0 Å². The molecule has 0 aromatic heterocycles. The van der Waals surface area contributed by atoms with Crippen molar-refractivity contribution in [3.63, 3.8) is 0 Å². The molecule has 0 bridgehead atoms. The Kier molecular flexibility index (Phi) is 24.8. The van der Waals surface area contributed by atoms with E-state index in [1.165, 1.54) is 0 Å². The van der Waals surface area contributed by atoms with Crippen molar-refractivity contribution in [1.82, 2.24) is 15.1 Å². The van der Waals surface area contributed by atoms with Gasteiger partial charge < -0.3 is 45.7 Å². The lowest BCUT2D eigenvalue weighted by Gasteiger charge is -2.38. The van der Waals surface area contributed by atoms with Gasteiger partial charge in [-0.15, -0.1) is 0 Å². The summed E-state index contributed by atoms with van der Waals surface area (Å²) in [5.41, 5.74) is 12.9. The van der Waals surface area contributed by atoms with Crippen LogP contribution in [-0.2, 0) is 55.8 Å². The standard InChI is InChI=1S/C48H75N5O10/c1-36(2)31-42(51-45(56)40(32-37-13-7-5-8-14-37)35-43(54)41(49)33-38-15-9-6-10-16-38)44(55)34-39(46(57)53-21-18-48(50,19-22-53)47(58)59)17-11-12-20-52(23-25-62-29-27-60-3)24-26-63-30-28-61-4/h5-10,13-16,36,39-42H,11-12,17-35,49-50H2,1-4H3,(H,51,56)(H,58,59)/t39-,40-,41+,42+/m0/s1. The largest absolute Gasteiger partial charge is 0.480 e. The highest BCUT2D eigenvalue weighted by Crippen LogP contribution is 2.26. The molecule has 2 aromatic carbocycles. The van der Waals surface area contributed by atoms with Gasteiger partial charge in [0.1, 0.15) is 5.54 Å². The maximum Gasteiger partial charge on any atom is 0.323 e. The van der Waals surface area contributed by atoms with Crippen LogP contribution in [0.1, 0.15) is 76.3 Å². The summed E-state index contributed by atoms with van der Waals surface area (Å²) in [6.07, 6.45) is 2.78. The Morgan fingerprint density at radius 2 is 1.29 bits per heavy atom. The number of carbonyl (C=O) groups is 5. The second-order valence-electron chi connectivity index (χ2n) is 17.2. The first kappa shape index (κ1) is 53.2. The summed E-state index contributed by atoms with van der Waals surface area (Å²) in [5, 5.41) is 12.7. The van der Waals surface area contributed by atoms with Crippen molar-refractivity contribution < 1.29 is 48.0 Å². The highest BCUT2D eigenvalue weighted by Gasteiger charge is 2.40. The Hall–Kier alpha value is -4.09. The SMILES string of the molecule is COCCOCCN(CCCC[C@@H](CC(=O)[C@@H](CC(C)C)NC(=O)[C@H](CC(=O)[C@H](N)Cc1ccccc1)Cc1ccccc1)C(=O)N1CCC(N)(C(=O)O)CC1)CCOCCOC. The molecule has 2 amide bonds. The molecule has 15 heteroatoms. The molecular formula is C48H75N5O10. The van der Waals surface area contributed by atoms with E-state index in [1.54, 1.807) is 19.1 Å². The summed E-state index contributed by atoms with van der Waals surface area (Å²) >= 11 is 0. The molecular weight excluding hydrogens is 807 g/mol. The molecule has 352 valence electrons.